The summed E-state index contributed by atoms with van der Waals surface area (Å²) in [6.45, 7) is 2.01. The fraction of sp³-hybridized carbons (Fsp3) is 0.0909. The van der Waals surface area contributed by atoms with Crippen molar-refractivity contribution >= 4 is 45.4 Å². The van der Waals surface area contributed by atoms with Crippen molar-refractivity contribution < 1.29 is 0 Å². The van der Waals surface area contributed by atoms with Crippen LogP contribution >= 0.6 is 23.4 Å². The van der Waals surface area contributed by atoms with E-state index in [1.54, 1.807) is 12.3 Å². The Kier molecular flexibility index (Phi) is 4.77. The zero-order valence-electron chi connectivity index (χ0n) is 15.9. The van der Waals surface area contributed by atoms with Crippen LogP contribution in [0.15, 0.2) is 64.4 Å². The quantitative estimate of drug-likeness (QED) is 0.376. The maximum atomic E-state index is 12.4. The van der Waals surface area contributed by atoms with E-state index >= 15 is 0 Å². The van der Waals surface area contributed by atoms with E-state index in [1.165, 1.54) is 11.8 Å². The Morgan fingerprint density at radius 2 is 1.83 bits per heavy atom. The van der Waals surface area contributed by atoms with Gasteiger partial charge in [0, 0.05) is 16.5 Å². The summed E-state index contributed by atoms with van der Waals surface area (Å²) in [6.07, 6.45) is 1.73. The van der Waals surface area contributed by atoms with E-state index in [1.807, 2.05) is 49.4 Å². The Morgan fingerprint density at radius 1 is 1.03 bits per heavy atom. The van der Waals surface area contributed by atoms with Crippen molar-refractivity contribution in [2.24, 2.45) is 0 Å². The van der Waals surface area contributed by atoms with Crippen molar-refractivity contribution in [3.05, 3.63) is 70.1 Å². The van der Waals surface area contributed by atoms with Crippen molar-refractivity contribution in [1.82, 2.24) is 25.1 Å². The highest BCUT2D eigenvalue weighted by molar-refractivity contribution is 7.99. The lowest BCUT2D eigenvalue weighted by Crippen LogP contribution is -2.10. The maximum Gasteiger partial charge on any atom is 0.263 e. The number of H-pyrrole nitrogens is 2. The summed E-state index contributed by atoms with van der Waals surface area (Å²) in [4.78, 5) is 25.6. The SMILES string of the molecule is CCSc1cc2nc(-c3cc(Cl)c4[nH]ncc4c3)c(-c3ccccc3)nc2[nH]c1=O. The molecule has 0 radical (unpaired) electrons. The fourth-order valence-corrected chi connectivity index (χ4v) is 4.37. The van der Waals surface area contributed by atoms with Crippen molar-refractivity contribution in [2.45, 2.75) is 11.8 Å². The molecule has 3 aromatic heterocycles. The van der Waals surface area contributed by atoms with Crippen LogP contribution in [-0.2, 0) is 0 Å². The number of nitrogens with zero attached hydrogens (tertiary/aromatic N) is 3. The highest BCUT2D eigenvalue weighted by atomic mass is 35.5. The average Bonchev–Trinajstić information content (AvgIpc) is 3.24. The Bertz CT molecular complexity index is 1450. The second kappa shape index (κ2) is 7.59. The summed E-state index contributed by atoms with van der Waals surface area (Å²) in [5.74, 6) is 0.795. The number of hydrogen-bond donors (Lipinski definition) is 2. The predicted octanol–water partition coefficient (Wildman–Crippen LogP) is 5.29. The minimum Gasteiger partial charge on any atom is -0.304 e. The molecule has 0 aliphatic rings. The summed E-state index contributed by atoms with van der Waals surface area (Å²) in [6, 6.07) is 15.4. The van der Waals surface area contributed by atoms with Gasteiger partial charge in [0.15, 0.2) is 5.65 Å². The summed E-state index contributed by atoms with van der Waals surface area (Å²) >= 11 is 7.97. The van der Waals surface area contributed by atoms with Crippen LogP contribution in [0.3, 0.4) is 0 Å². The average molecular weight is 434 g/mol. The second-order valence-electron chi connectivity index (χ2n) is 6.71. The van der Waals surface area contributed by atoms with Crippen LogP contribution in [0.2, 0.25) is 5.02 Å². The van der Waals surface area contributed by atoms with Gasteiger partial charge in [-0.25, -0.2) is 9.97 Å². The first kappa shape index (κ1) is 18.8. The molecule has 0 saturated heterocycles. The van der Waals surface area contributed by atoms with Crippen LogP contribution in [-0.4, -0.2) is 30.9 Å². The zero-order chi connectivity index (χ0) is 20.7. The van der Waals surface area contributed by atoms with Crippen LogP contribution in [0, 0.1) is 0 Å². The molecular formula is C22H16ClN5OS. The van der Waals surface area contributed by atoms with Crippen LogP contribution < -0.4 is 5.56 Å². The Labute approximate surface area is 180 Å². The highest BCUT2D eigenvalue weighted by Crippen LogP contribution is 2.34. The number of pyridine rings is 1. The lowest BCUT2D eigenvalue weighted by molar-refractivity contribution is 1.12. The van der Waals surface area contributed by atoms with Gasteiger partial charge in [0.2, 0.25) is 0 Å². The number of rotatable bonds is 4. The molecule has 0 unspecified atom stereocenters. The minimum absolute atomic E-state index is 0.154. The number of halogens is 1. The minimum atomic E-state index is -0.154. The van der Waals surface area contributed by atoms with Gasteiger partial charge in [-0.05, 0) is 24.0 Å². The Hall–Kier alpha value is -3.16. The predicted molar refractivity (Wildman–Crippen MR) is 122 cm³/mol. The molecule has 2 aromatic carbocycles. The van der Waals surface area contributed by atoms with Gasteiger partial charge < -0.3 is 4.98 Å². The molecule has 2 N–H and O–H groups in total. The number of nitrogens with one attached hydrogen (secondary N) is 2. The monoisotopic (exact) mass is 433 g/mol. The van der Waals surface area contributed by atoms with E-state index in [2.05, 4.69) is 15.2 Å². The first-order chi connectivity index (χ1) is 14.6. The lowest BCUT2D eigenvalue weighted by Gasteiger charge is -2.11. The van der Waals surface area contributed by atoms with Crippen molar-refractivity contribution in [3.8, 4) is 22.5 Å². The van der Waals surface area contributed by atoms with Crippen LogP contribution in [0.5, 0.6) is 0 Å². The molecule has 8 heteroatoms. The van der Waals surface area contributed by atoms with E-state index in [-0.39, 0.29) is 5.56 Å². The molecule has 148 valence electrons. The molecule has 0 saturated carbocycles. The smallest absolute Gasteiger partial charge is 0.263 e. The number of fused-ring (bicyclic) bond motifs is 2. The molecule has 0 atom stereocenters. The molecule has 30 heavy (non-hydrogen) atoms. The third kappa shape index (κ3) is 3.26. The molecule has 6 nitrogen and oxygen atoms in total. The topological polar surface area (TPSA) is 87.3 Å². The zero-order valence-corrected chi connectivity index (χ0v) is 17.5. The number of benzene rings is 2. The lowest BCUT2D eigenvalue weighted by atomic mass is 10.0. The molecule has 0 amide bonds. The van der Waals surface area contributed by atoms with Crippen molar-refractivity contribution in [2.75, 3.05) is 5.75 Å². The van der Waals surface area contributed by atoms with Gasteiger partial charge in [-0.2, -0.15) is 5.10 Å². The number of thioether (sulfide) groups is 1. The third-order valence-electron chi connectivity index (χ3n) is 4.77. The van der Waals surface area contributed by atoms with Crippen molar-refractivity contribution in [1.29, 1.82) is 0 Å². The second-order valence-corrected chi connectivity index (χ2v) is 8.42. The molecule has 0 fully saturated rings. The summed E-state index contributed by atoms with van der Waals surface area (Å²) in [5.41, 5.74) is 4.81. The fourth-order valence-electron chi connectivity index (χ4n) is 3.41. The Morgan fingerprint density at radius 3 is 2.63 bits per heavy atom. The van der Waals surface area contributed by atoms with Gasteiger partial charge in [0.25, 0.3) is 5.56 Å². The number of aromatic nitrogens is 5. The first-order valence-electron chi connectivity index (χ1n) is 9.40. The van der Waals surface area contributed by atoms with E-state index in [0.29, 0.717) is 32.5 Å². The standard InChI is InChI=1S/C22H16ClN5OS/c1-2-30-17-10-16-21(27-22(17)29)26-19(12-6-4-3-5-7-12)20(25-16)13-8-14-11-24-28-18(14)15(23)9-13/h3-11H,2H2,1H3,(H,24,28)(H,26,27,29). The van der Waals surface area contributed by atoms with E-state index in [9.17, 15) is 4.79 Å². The van der Waals surface area contributed by atoms with E-state index in [0.717, 1.165) is 27.8 Å². The summed E-state index contributed by atoms with van der Waals surface area (Å²) < 4.78 is 0. The van der Waals surface area contributed by atoms with Gasteiger partial charge in [-0.3, -0.25) is 9.89 Å². The Balaban J connectivity index is 1.82. The van der Waals surface area contributed by atoms with E-state index < -0.39 is 0 Å². The number of aromatic amines is 2. The summed E-state index contributed by atoms with van der Waals surface area (Å²) in [5, 5.41) is 8.44. The molecule has 3 heterocycles. The molecule has 5 aromatic rings. The molecule has 0 aliphatic carbocycles. The van der Waals surface area contributed by atoms with E-state index in [4.69, 9.17) is 21.6 Å². The summed E-state index contributed by atoms with van der Waals surface area (Å²) in [7, 11) is 0. The van der Waals surface area contributed by atoms with Crippen LogP contribution in [0.4, 0.5) is 0 Å². The van der Waals surface area contributed by atoms with Crippen LogP contribution in [0.25, 0.3) is 44.6 Å². The van der Waals surface area contributed by atoms with Crippen LogP contribution in [0.1, 0.15) is 6.92 Å². The highest BCUT2D eigenvalue weighted by Gasteiger charge is 2.17. The van der Waals surface area contributed by atoms with Gasteiger partial charge in [-0.15, -0.1) is 11.8 Å². The molecule has 0 spiro atoms. The molecule has 5 rings (SSSR count). The van der Waals surface area contributed by atoms with Gasteiger partial charge in [-0.1, -0.05) is 48.9 Å². The largest absolute Gasteiger partial charge is 0.304 e. The third-order valence-corrected chi connectivity index (χ3v) is 5.97. The van der Waals surface area contributed by atoms with Gasteiger partial charge in [0.1, 0.15) is 5.52 Å². The van der Waals surface area contributed by atoms with Gasteiger partial charge in [0.05, 0.1) is 33.0 Å². The normalized spacial score (nSPS) is 11.4. The molecule has 0 bridgehead atoms. The number of hydrogen-bond acceptors (Lipinski definition) is 5. The van der Waals surface area contributed by atoms with Gasteiger partial charge >= 0.3 is 0 Å². The first-order valence-corrected chi connectivity index (χ1v) is 10.8. The van der Waals surface area contributed by atoms with Crippen molar-refractivity contribution in [3.63, 3.8) is 0 Å². The molecular weight excluding hydrogens is 418 g/mol. The maximum absolute atomic E-state index is 12.4. The molecule has 0 aliphatic heterocycles.